The molecule has 9 N–H and O–H groups in total. The standard InChI is InChI=1S/C44H34B4N4O8/c53-45-60-32-15-7-28(8-16-32)44-39-23-21-37(51-39)42(26-3-11-30(12-4-26)47(56)57)35-19-17-33(49-35)41(25-1-9-29(10-2-25)46(54)55)34-18-20-36(50-34)43(38-22-24-40(44)52-38)27-5-13-31(14-6-27)48(58)59/h1-24,45,49,52-59H. The first kappa shape index (κ1) is 38.8. The third-order valence-electron chi connectivity index (χ3n) is 10.6. The van der Waals surface area contributed by atoms with Gasteiger partial charge in [0.2, 0.25) is 0 Å². The molecule has 0 saturated carbocycles. The van der Waals surface area contributed by atoms with Crippen LogP contribution in [0.2, 0.25) is 0 Å². The molecule has 60 heavy (non-hydrogen) atoms. The molecule has 5 heterocycles. The molecule has 0 radical (unpaired) electrons. The molecule has 2 aliphatic rings. The minimum Gasteiger partial charge on any atom is -0.539 e. The molecular formula is C44H34B4N4O8. The lowest BCUT2D eigenvalue weighted by atomic mass is 9.80. The van der Waals surface area contributed by atoms with Crippen molar-refractivity contribution >= 4 is 91.8 Å². The highest BCUT2D eigenvalue weighted by atomic mass is 16.5. The SMILES string of the molecule is OBOc1ccc(-c2c3nc(c(-c4ccc(B(O)O)cc4)c4ccc([nH]4)c(-c4ccc(B(O)O)cc4)c4nc(c(-c5ccc(B(O)O)cc5)c5ccc2[nH]5)C=C4)C=C3)cc1. The molecule has 0 saturated heterocycles. The fourth-order valence-corrected chi connectivity index (χ4v) is 7.68. The second kappa shape index (κ2) is 16.1. The zero-order valence-electron chi connectivity index (χ0n) is 31.7. The molecule has 0 aliphatic carbocycles. The predicted molar refractivity (Wildman–Crippen MR) is 240 cm³/mol. The summed E-state index contributed by atoms with van der Waals surface area (Å²) in [6, 6.07) is 36.0. The third kappa shape index (κ3) is 7.40. The van der Waals surface area contributed by atoms with Gasteiger partial charge < -0.3 is 49.8 Å². The largest absolute Gasteiger partial charge is 0.539 e. The summed E-state index contributed by atoms with van der Waals surface area (Å²) in [5, 5.41) is 68.7. The maximum absolute atomic E-state index is 9.89. The maximum Gasteiger partial charge on any atom is 0.504 e. The Kier molecular flexibility index (Phi) is 10.4. The van der Waals surface area contributed by atoms with E-state index in [0.29, 0.717) is 50.4 Å². The summed E-state index contributed by atoms with van der Waals surface area (Å²) < 4.78 is 5.34. The number of aromatic amines is 2. The third-order valence-corrected chi connectivity index (χ3v) is 10.6. The van der Waals surface area contributed by atoms with Gasteiger partial charge in [0.25, 0.3) is 0 Å². The molecular weight excluding hydrogens is 756 g/mol. The van der Waals surface area contributed by atoms with Crippen molar-refractivity contribution in [2.45, 2.75) is 0 Å². The van der Waals surface area contributed by atoms with Crippen molar-refractivity contribution < 1.29 is 39.8 Å². The minimum atomic E-state index is -1.64. The summed E-state index contributed by atoms with van der Waals surface area (Å²) in [5.41, 5.74) is 12.6. The molecule has 7 aromatic rings. The van der Waals surface area contributed by atoms with Crippen LogP contribution in [0.5, 0.6) is 5.75 Å². The highest BCUT2D eigenvalue weighted by molar-refractivity contribution is 6.59. The summed E-state index contributed by atoms with van der Waals surface area (Å²) in [4.78, 5) is 17.8. The minimum absolute atomic E-state index is 0.334. The molecule has 0 atom stereocenters. The van der Waals surface area contributed by atoms with Crippen LogP contribution in [0.1, 0.15) is 22.8 Å². The number of nitrogens with zero attached hydrogens (tertiary/aromatic N) is 2. The molecule has 16 heteroatoms. The number of aromatic nitrogens is 4. The van der Waals surface area contributed by atoms with Gasteiger partial charge in [-0.05, 0) is 99.3 Å². The van der Waals surface area contributed by atoms with Crippen molar-refractivity contribution in [1.29, 1.82) is 0 Å². The summed E-state index contributed by atoms with van der Waals surface area (Å²) in [6.07, 6.45) is 7.74. The van der Waals surface area contributed by atoms with Gasteiger partial charge in [0, 0.05) is 44.3 Å². The van der Waals surface area contributed by atoms with Gasteiger partial charge in [0.05, 0.1) is 22.8 Å². The molecule has 290 valence electrons. The molecule has 3 aromatic heterocycles. The molecule has 8 bridgehead atoms. The molecule has 12 nitrogen and oxygen atoms in total. The highest BCUT2D eigenvalue weighted by Crippen LogP contribution is 2.38. The first-order valence-corrected chi connectivity index (χ1v) is 19.0. The Morgan fingerprint density at radius 3 is 0.900 bits per heavy atom. The van der Waals surface area contributed by atoms with Gasteiger partial charge in [0.1, 0.15) is 5.75 Å². The maximum atomic E-state index is 9.89. The number of H-pyrrole nitrogens is 2. The van der Waals surface area contributed by atoms with Crippen LogP contribution in [-0.2, 0) is 0 Å². The summed E-state index contributed by atoms with van der Waals surface area (Å²) >= 11 is 0. The van der Waals surface area contributed by atoms with E-state index in [9.17, 15) is 35.2 Å². The van der Waals surface area contributed by atoms with Gasteiger partial charge in [-0.25, -0.2) is 9.97 Å². The average Bonchev–Trinajstić information content (AvgIpc) is 4.10. The van der Waals surface area contributed by atoms with E-state index in [4.69, 9.17) is 14.6 Å². The second-order valence-electron chi connectivity index (χ2n) is 14.3. The molecule has 0 spiro atoms. The van der Waals surface area contributed by atoms with Gasteiger partial charge in [-0.1, -0.05) is 84.9 Å². The lowest BCUT2D eigenvalue weighted by Crippen LogP contribution is -2.29. The number of fused-ring (bicyclic) bond motifs is 8. The van der Waals surface area contributed by atoms with E-state index < -0.39 is 29.0 Å². The molecule has 0 unspecified atom stereocenters. The van der Waals surface area contributed by atoms with E-state index in [1.54, 1.807) is 48.5 Å². The van der Waals surface area contributed by atoms with Crippen LogP contribution in [0.25, 0.3) is 90.9 Å². The lowest BCUT2D eigenvalue weighted by Gasteiger charge is -2.08. The normalized spacial score (nSPS) is 11.8. The van der Waals surface area contributed by atoms with Crippen molar-refractivity contribution in [3.05, 3.63) is 144 Å². The van der Waals surface area contributed by atoms with Crippen molar-refractivity contribution in [3.8, 4) is 50.3 Å². The number of benzene rings is 4. The van der Waals surface area contributed by atoms with E-state index in [2.05, 4.69) is 9.97 Å². The lowest BCUT2D eigenvalue weighted by molar-refractivity contribution is 0.424. The molecule has 2 aliphatic heterocycles. The van der Waals surface area contributed by atoms with Crippen LogP contribution in [0.3, 0.4) is 0 Å². The Balaban J connectivity index is 1.41. The first-order valence-electron chi connectivity index (χ1n) is 19.0. The molecule has 0 amide bonds. The van der Waals surface area contributed by atoms with Crippen LogP contribution in [-0.4, -0.2) is 84.1 Å². The molecule has 0 fully saturated rings. The summed E-state index contributed by atoms with van der Waals surface area (Å²) in [6.45, 7) is 0. The Morgan fingerprint density at radius 2 is 0.650 bits per heavy atom. The summed E-state index contributed by atoms with van der Waals surface area (Å²) in [7, 11) is -5.38. The first-order chi connectivity index (χ1) is 29.1. The van der Waals surface area contributed by atoms with Crippen molar-refractivity contribution in [2.24, 2.45) is 0 Å². The van der Waals surface area contributed by atoms with Gasteiger partial charge in [-0.2, -0.15) is 0 Å². The Morgan fingerprint density at radius 1 is 0.383 bits per heavy atom. The predicted octanol–water partition coefficient (Wildman–Crippen LogP) is 3.00. The van der Waals surface area contributed by atoms with Crippen LogP contribution in [0, 0.1) is 0 Å². The van der Waals surface area contributed by atoms with E-state index in [-0.39, 0.29) is 0 Å². The van der Waals surface area contributed by atoms with E-state index in [0.717, 1.165) is 61.1 Å². The zero-order valence-corrected chi connectivity index (χ0v) is 31.7. The van der Waals surface area contributed by atoms with E-state index in [1.807, 2.05) is 97.1 Å². The Hall–Kier alpha value is -6.74. The topological polar surface area (TPSA) is 208 Å². The zero-order chi connectivity index (χ0) is 41.5. The quantitative estimate of drug-likeness (QED) is 0.0978. The Labute approximate surface area is 344 Å². The van der Waals surface area contributed by atoms with Crippen molar-refractivity contribution in [2.75, 3.05) is 0 Å². The molecule has 9 rings (SSSR count). The average molecular weight is 790 g/mol. The number of nitrogens with one attached hydrogen (secondary N) is 2. The number of hydrogen-bond donors (Lipinski definition) is 9. The smallest absolute Gasteiger partial charge is 0.504 e. The van der Waals surface area contributed by atoms with Crippen LogP contribution < -0.4 is 21.0 Å². The monoisotopic (exact) mass is 790 g/mol. The van der Waals surface area contributed by atoms with E-state index >= 15 is 0 Å². The van der Waals surface area contributed by atoms with Gasteiger partial charge in [-0.15, -0.1) is 0 Å². The summed E-state index contributed by atoms with van der Waals surface area (Å²) in [5.74, 6) is 0.497. The van der Waals surface area contributed by atoms with E-state index in [1.165, 1.54) is 0 Å². The van der Waals surface area contributed by atoms with Gasteiger partial charge in [0.15, 0.2) is 0 Å². The van der Waals surface area contributed by atoms with Gasteiger partial charge in [-0.3, -0.25) is 0 Å². The Bertz CT molecular complexity index is 2920. The fraction of sp³-hybridized carbons (Fsp3) is 0. The number of rotatable bonds is 9. The fourth-order valence-electron chi connectivity index (χ4n) is 7.68. The van der Waals surface area contributed by atoms with Crippen LogP contribution >= 0.6 is 0 Å². The number of hydrogen-bond acceptors (Lipinski definition) is 10. The highest BCUT2D eigenvalue weighted by Gasteiger charge is 2.21. The van der Waals surface area contributed by atoms with Crippen LogP contribution in [0.4, 0.5) is 0 Å². The van der Waals surface area contributed by atoms with Gasteiger partial charge >= 0.3 is 29.0 Å². The van der Waals surface area contributed by atoms with Crippen molar-refractivity contribution in [1.82, 2.24) is 19.9 Å². The van der Waals surface area contributed by atoms with Crippen molar-refractivity contribution in [3.63, 3.8) is 0 Å². The molecule has 4 aromatic carbocycles. The second-order valence-corrected chi connectivity index (χ2v) is 14.3. The van der Waals surface area contributed by atoms with Crippen LogP contribution in [0.15, 0.2) is 121 Å².